The Morgan fingerprint density at radius 2 is 1.47 bits per heavy atom. The van der Waals surface area contributed by atoms with Crippen LogP contribution in [0.15, 0.2) is 36.5 Å². The van der Waals surface area contributed by atoms with Crippen molar-refractivity contribution in [2.75, 3.05) is 6.54 Å². The summed E-state index contributed by atoms with van der Waals surface area (Å²) in [5.41, 5.74) is 1.13. The van der Waals surface area contributed by atoms with E-state index in [0.29, 0.717) is 30.5 Å². The van der Waals surface area contributed by atoms with E-state index in [4.69, 9.17) is 0 Å². The number of rotatable bonds is 5. The van der Waals surface area contributed by atoms with Crippen molar-refractivity contribution in [1.29, 1.82) is 0 Å². The van der Waals surface area contributed by atoms with E-state index in [2.05, 4.69) is 13.2 Å². The van der Waals surface area contributed by atoms with Gasteiger partial charge in [0.25, 0.3) is 11.8 Å². The second kappa shape index (κ2) is 4.73. The minimum absolute atomic E-state index is 0.181. The number of hydrogen-bond donors (Lipinski definition) is 0. The van der Waals surface area contributed by atoms with Crippen LogP contribution < -0.4 is 0 Å². The van der Waals surface area contributed by atoms with Gasteiger partial charge in [-0.25, -0.2) is 0 Å². The summed E-state index contributed by atoms with van der Waals surface area (Å²) in [6.45, 7) is 9.38. The third-order valence-corrected chi connectivity index (χ3v) is 2.38. The van der Waals surface area contributed by atoms with Crippen molar-refractivity contribution < 1.29 is 9.59 Å². The summed E-state index contributed by atoms with van der Waals surface area (Å²) in [6.07, 6.45) is 4.18. The first kappa shape index (κ1) is 11.4. The van der Waals surface area contributed by atoms with Gasteiger partial charge in [0.05, 0.1) is 0 Å². The Balaban J connectivity index is 3.09. The Hall–Kier alpha value is -1.64. The Labute approximate surface area is 89.8 Å². The zero-order valence-corrected chi connectivity index (χ0v) is 8.95. The molecule has 1 aliphatic rings. The van der Waals surface area contributed by atoms with Crippen LogP contribution in [0, 0.1) is 0 Å². The molecule has 0 atom stereocenters. The molecule has 2 amide bonds. The van der Waals surface area contributed by atoms with E-state index in [1.165, 1.54) is 4.90 Å². The zero-order chi connectivity index (χ0) is 11.4. The SMILES string of the molecule is C=CCC1=C(CC=C)C(=O)N(CC)C1=O. The van der Waals surface area contributed by atoms with E-state index in [-0.39, 0.29) is 11.8 Å². The molecule has 15 heavy (non-hydrogen) atoms. The summed E-state index contributed by atoms with van der Waals surface area (Å²) >= 11 is 0. The van der Waals surface area contributed by atoms with Gasteiger partial charge in [-0.15, -0.1) is 13.2 Å². The van der Waals surface area contributed by atoms with Crippen LogP contribution in [0.5, 0.6) is 0 Å². The van der Waals surface area contributed by atoms with E-state index in [9.17, 15) is 9.59 Å². The normalized spacial score (nSPS) is 16.2. The average molecular weight is 205 g/mol. The fourth-order valence-corrected chi connectivity index (χ4v) is 1.67. The maximum atomic E-state index is 11.8. The van der Waals surface area contributed by atoms with Crippen LogP contribution in [0.25, 0.3) is 0 Å². The molecule has 3 heteroatoms. The van der Waals surface area contributed by atoms with Gasteiger partial charge in [-0.3, -0.25) is 14.5 Å². The molecule has 0 bridgehead atoms. The van der Waals surface area contributed by atoms with Crippen LogP contribution in [-0.4, -0.2) is 23.3 Å². The summed E-state index contributed by atoms with van der Waals surface area (Å²) in [7, 11) is 0. The molecule has 0 fully saturated rings. The summed E-state index contributed by atoms with van der Waals surface area (Å²) in [4.78, 5) is 24.8. The zero-order valence-electron chi connectivity index (χ0n) is 8.95. The first-order chi connectivity index (χ1) is 7.17. The van der Waals surface area contributed by atoms with Crippen molar-refractivity contribution in [3.05, 3.63) is 36.5 Å². The Morgan fingerprint density at radius 1 is 1.07 bits per heavy atom. The monoisotopic (exact) mass is 205 g/mol. The fraction of sp³-hybridized carbons (Fsp3) is 0.333. The lowest BCUT2D eigenvalue weighted by Crippen LogP contribution is -2.31. The molecule has 0 radical (unpaired) electrons. The Bertz CT molecular complexity index is 321. The molecule has 0 N–H and O–H groups in total. The smallest absolute Gasteiger partial charge is 0.257 e. The van der Waals surface area contributed by atoms with Crippen LogP contribution in [-0.2, 0) is 9.59 Å². The summed E-state index contributed by atoms with van der Waals surface area (Å²) in [6, 6.07) is 0. The van der Waals surface area contributed by atoms with Gasteiger partial charge in [0.2, 0.25) is 0 Å². The Morgan fingerprint density at radius 3 is 1.73 bits per heavy atom. The molecule has 0 aromatic rings. The molecule has 0 aliphatic carbocycles. The maximum absolute atomic E-state index is 11.8. The second-order valence-corrected chi connectivity index (χ2v) is 3.30. The van der Waals surface area contributed by atoms with E-state index < -0.39 is 0 Å². The number of imide groups is 1. The predicted molar refractivity (Wildman–Crippen MR) is 59.0 cm³/mol. The van der Waals surface area contributed by atoms with Crippen LogP contribution >= 0.6 is 0 Å². The maximum Gasteiger partial charge on any atom is 0.257 e. The van der Waals surface area contributed by atoms with Gasteiger partial charge >= 0.3 is 0 Å². The lowest BCUT2D eigenvalue weighted by Gasteiger charge is -2.10. The first-order valence-electron chi connectivity index (χ1n) is 4.97. The Kier molecular flexibility index (Phi) is 3.61. The molecule has 0 spiro atoms. The van der Waals surface area contributed by atoms with Gasteiger partial charge in [0.15, 0.2) is 0 Å². The van der Waals surface area contributed by atoms with Gasteiger partial charge in [0, 0.05) is 17.7 Å². The fourth-order valence-electron chi connectivity index (χ4n) is 1.67. The first-order valence-corrected chi connectivity index (χ1v) is 4.97. The second-order valence-electron chi connectivity index (χ2n) is 3.30. The largest absolute Gasteiger partial charge is 0.275 e. The van der Waals surface area contributed by atoms with Crippen LogP contribution in [0.4, 0.5) is 0 Å². The van der Waals surface area contributed by atoms with Gasteiger partial charge < -0.3 is 0 Å². The summed E-state index contributed by atoms with van der Waals surface area (Å²) < 4.78 is 0. The molecular formula is C12H15NO2. The standard InChI is InChI=1S/C12H15NO2/c1-4-7-9-10(8-5-2)12(15)13(6-3)11(9)14/h4-5H,1-2,6-8H2,3H3. The highest BCUT2D eigenvalue weighted by atomic mass is 16.2. The van der Waals surface area contributed by atoms with Gasteiger partial charge in [-0.1, -0.05) is 12.2 Å². The summed E-state index contributed by atoms with van der Waals surface area (Å²) in [5, 5.41) is 0. The third kappa shape index (κ3) is 1.91. The van der Waals surface area contributed by atoms with Crippen LogP contribution in [0.1, 0.15) is 19.8 Å². The highest BCUT2D eigenvalue weighted by Gasteiger charge is 2.35. The molecular weight excluding hydrogens is 190 g/mol. The highest BCUT2D eigenvalue weighted by Crippen LogP contribution is 2.25. The number of carbonyl (C=O) groups excluding carboxylic acids is 2. The average Bonchev–Trinajstić information content (AvgIpc) is 2.43. The van der Waals surface area contributed by atoms with Gasteiger partial charge in [-0.05, 0) is 19.8 Å². The van der Waals surface area contributed by atoms with E-state index in [1.54, 1.807) is 19.1 Å². The number of amides is 2. The van der Waals surface area contributed by atoms with Crippen molar-refractivity contribution in [1.82, 2.24) is 4.90 Å². The molecule has 0 saturated carbocycles. The number of hydrogen-bond acceptors (Lipinski definition) is 2. The minimum atomic E-state index is -0.181. The predicted octanol–water partition coefficient (Wildman–Crippen LogP) is 1.82. The molecule has 80 valence electrons. The number of allylic oxidation sites excluding steroid dienone is 2. The summed E-state index contributed by atoms with van der Waals surface area (Å²) in [5.74, 6) is -0.362. The van der Waals surface area contributed by atoms with Crippen molar-refractivity contribution in [3.8, 4) is 0 Å². The lowest BCUT2D eigenvalue weighted by atomic mass is 10.0. The van der Waals surface area contributed by atoms with Gasteiger partial charge in [-0.2, -0.15) is 0 Å². The molecule has 0 aromatic carbocycles. The van der Waals surface area contributed by atoms with E-state index in [0.717, 1.165) is 0 Å². The van der Waals surface area contributed by atoms with Crippen LogP contribution in [0.3, 0.4) is 0 Å². The molecule has 0 saturated heterocycles. The number of nitrogens with zero attached hydrogens (tertiary/aromatic N) is 1. The number of likely N-dealkylation sites (N-methyl/N-ethyl adjacent to an activating group) is 1. The highest BCUT2D eigenvalue weighted by molar-refractivity contribution is 6.19. The van der Waals surface area contributed by atoms with Crippen molar-refractivity contribution in [2.45, 2.75) is 19.8 Å². The molecule has 0 aromatic heterocycles. The van der Waals surface area contributed by atoms with Crippen molar-refractivity contribution in [3.63, 3.8) is 0 Å². The van der Waals surface area contributed by atoms with Crippen molar-refractivity contribution >= 4 is 11.8 Å². The molecule has 1 rings (SSSR count). The molecule has 1 heterocycles. The van der Waals surface area contributed by atoms with E-state index >= 15 is 0 Å². The lowest BCUT2D eigenvalue weighted by molar-refractivity contribution is -0.137. The molecule has 1 aliphatic heterocycles. The molecule has 3 nitrogen and oxygen atoms in total. The third-order valence-electron chi connectivity index (χ3n) is 2.38. The quantitative estimate of drug-likeness (QED) is 0.507. The topological polar surface area (TPSA) is 37.4 Å². The van der Waals surface area contributed by atoms with Crippen LogP contribution in [0.2, 0.25) is 0 Å². The number of carbonyl (C=O) groups is 2. The van der Waals surface area contributed by atoms with Gasteiger partial charge in [0.1, 0.15) is 0 Å². The van der Waals surface area contributed by atoms with Crippen molar-refractivity contribution in [2.24, 2.45) is 0 Å². The minimum Gasteiger partial charge on any atom is -0.275 e. The molecule has 0 unspecified atom stereocenters. The van der Waals surface area contributed by atoms with E-state index in [1.807, 2.05) is 0 Å².